The molecule has 1 atom stereocenters. The highest BCUT2D eigenvalue weighted by molar-refractivity contribution is 6.31. The molecule has 5 heteroatoms. The standard InChI is InChI=1S/C15H15ClFNO2/c1-20-15-8-10(6-7-13(15)17)18-9-14(19)11-4-2-3-5-12(11)16/h2-8,14,18-19H,9H2,1H3. The molecule has 0 spiro atoms. The summed E-state index contributed by atoms with van der Waals surface area (Å²) in [7, 11) is 1.40. The summed E-state index contributed by atoms with van der Waals surface area (Å²) in [5.41, 5.74) is 1.31. The van der Waals surface area contributed by atoms with Crippen LogP contribution in [0.3, 0.4) is 0 Å². The molecule has 2 aromatic carbocycles. The van der Waals surface area contributed by atoms with Gasteiger partial charge >= 0.3 is 0 Å². The summed E-state index contributed by atoms with van der Waals surface area (Å²) in [5, 5.41) is 13.6. The van der Waals surface area contributed by atoms with E-state index in [0.717, 1.165) is 0 Å². The molecule has 106 valence electrons. The Bertz CT molecular complexity index is 592. The maximum absolute atomic E-state index is 13.3. The summed E-state index contributed by atoms with van der Waals surface area (Å²) in [6, 6.07) is 11.5. The maximum atomic E-state index is 13.3. The Hall–Kier alpha value is -1.78. The van der Waals surface area contributed by atoms with Crippen LogP contribution in [0.25, 0.3) is 0 Å². The van der Waals surface area contributed by atoms with E-state index in [1.807, 2.05) is 6.07 Å². The molecule has 0 amide bonds. The van der Waals surface area contributed by atoms with E-state index in [0.29, 0.717) is 16.3 Å². The summed E-state index contributed by atoms with van der Waals surface area (Å²) < 4.78 is 18.2. The smallest absolute Gasteiger partial charge is 0.165 e. The summed E-state index contributed by atoms with van der Waals surface area (Å²) in [6.45, 7) is 0.262. The molecule has 0 radical (unpaired) electrons. The van der Waals surface area contributed by atoms with Gasteiger partial charge in [-0.05, 0) is 18.2 Å². The van der Waals surface area contributed by atoms with Crippen LogP contribution in [0.5, 0.6) is 5.75 Å². The fourth-order valence-electron chi connectivity index (χ4n) is 1.84. The lowest BCUT2D eigenvalue weighted by molar-refractivity contribution is 0.191. The molecule has 2 N–H and O–H groups in total. The van der Waals surface area contributed by atoms with Crippen LogP contribution in [0.15, 0.2) is 42.5 Å². The van der Waals surface area contributed by atoms with Gasteiger partial charge in [-0.2, -0.15) is 0 Å². The minimum Gasteiger partial charge on any atom is -0.494 e. The van der Waals surface area contributed by atoms with Gasteiger partial charge in [-0.25, -0.2) is 4.39 Å². The fourth-order valence-corrected chi connectivity index (χ4v) is 2.10. The van der Waals surface area contributed by atoms with Gasteiger partial charge in [-0.1, -0.05) is 29.8 Å². The average Bonchev–Trinajstić information content (AvgIpc) is 2.46. The Morgan fingerprint density at radius 1 is 1.30 bits per heavy atom. The van der Waals surface area contributed by atoms with Crippen molar-refractivity contribution >= 4 is 17.3 Å². The molecule has 0 aliphatic carbocycles. The summed E-state index contributed by atoms with van der Waals surface area (Å²) in [6.07, 6.45) is -0.750. The molecular weight excluding hydrogens is 281 g/mol. The average molecular weight is 296 g/mol. The molecule has 0 aliphatic heterocycles. The second-order valence-corrected chi connectivity index (χ2v) is 4.67. The van der Waals surface area contributed by atoms with Crippen LogP contribution in [0.2, 0.25) is 5.02 Å². The van der Waals surface area contributed by atoms with E-state index in [1.54, 1.807) is 24.3 Å². The number of ether oxygens (including phenoxy) is 1. The van der Waals surface area contributed by atoms with Crippen molar-refractivity contribution in [1.29, 1.82) is 0 Å². The number of hydrogen-bond acceptors (Lipinski definition) is 3. The molecule has 0 heterocycles. The molecular formula is C15H15ClFNO2. The van der Waals surface area contributed by atoms with Crippen molar-refractivity contribution in [3.63, 3.8) is 0 Å². The van der Waals surface area contributed by atoms with Crippen LogP contribution >= 0.6 is 11.6 Å². The van der Waals surface area contributed by atoms with Gasteiger partial charge in [-0.3, -0.25) is 0 Å². The van der Waals surface area contributed by atoms with E-state index in [2.05, 4.69) is 5.32 Å². The maximum Gasteiger partial charge on any atom is 0.165 e. The van der Waals surface area contributed by atoms with Crippen molar-refractivity contribution in [3.8, 4) is 5.75 Å². The number of aliphatic hydroxyl groups is 1. The zero-order chi connectivity index (χ0) is 14.5. The highest BCUT2D eigenvalue weighted by atomic mass is 35.5. The van der Waals surface area contributed by atoms with Crippen molar-refractivity contribution in [1.82, 2.24) is 0 Å². The van der Waals surface area contributed by atoms with Crippen molar-refractivity contribution in [2.45, 2.75) is 6.10 Å². The second kappa shape index (κ2) is 6.59. The molecule has 0 saturated carbocycles. The SMILES string of the molecule is COc1cc(NCC(O)c2ccccc2Cl)ccc1F. The zero-order valence-electron chi connectivity index (χ0n) is 10.9. The minimum absolute atomic E-state index is 0.155. The lowest BCUT2D eigenvalue weighted by atomic mass is 10.1. The van der Waals surface area contributed by atoms with Gasteiger partial charge in [-0.15, -0.1) is 0 Å². The van der Waals surface area contributed by atoms with Crippen LogP contribution < -0.4 is 10.1 Å². The highest BCUT2D eigenvalue weighted by Gasteiger charge is 2.11. The monoisotopic (exact) mass is 295 g/mol. The third-order valence-corrected chi connectivity index (χ3v) is 3.26. The van der Waals surface area contributed by atoms with Gasteiger partial charge in [0.25, 0.3) is 0 Å². The highest BCUT2D eigenvalue weighted by Crippen LogP contribution is 2.25. The largest absolute Gasteiger partial charge is 0.494 e. The number of rotatable bonds is 5. The van der Waals surface area contributed by atoms with Gasteiger partial charge in [0, 0.05) is 28.9 Å². The third-order valence-electron chi connectivity index (χ3n) is 2.91. The third kappa shape index (κ3) is 3.40. The van der Waals surface area contributed by atoms with Crippen LogP contribution in [0.4, 0.5) is 10.1 Å². The molecule has 2 rings (SSSR count). The molecule has 20 heavy (non-hydrogen) atoms. The van der Waals surface area contributed by atoms with Crippen molar-refractivity contribution < 1.29 is 14.2 Å². The topological polar surface area (TPSA) is 41.5 Å². The van der Waals surface area contributed by atoms with E-state index in [1.165, 1.54) is 19.2 Å². The summed E-state index contributed by atoms with van der Waals surface area (Å²) in [5.74, 6) is -0.271. The van der Waals surface area contributed by atoms with E-state index in [-0.39, 0.29) is 12.3 Å². The van der Waals surface area contributed by atoms with Gasteiger partial charge in [0.2, 0.25) is 0 Å². The molecule has 3 nitrogen and oxygen atoms in total. The summed E-state index contributed by atoms with van der Waals surface area (Å²) in [4.78, 5) is 0. The summed E-state index contributed by atoms with van der Waals surface area (Å²) >= 11 is 6.01. The first-order valence-electron chi connectivity index (χ1n) is 6.11. The lowest BCUT2D eigenvalue weighted by Gasteiger charge is -2.15. The first-order chi connectivity index (χ1) is 9.61. The Morgan fingerprint density at radius 2 is 2.05 bits per heavy atom. The zero-order valence-corrected chi connectivity index (χ0v) is 11.7. The van der Waals surface area contributed by atoms with E-state index in [4.69, 9.17) is 16.3 Å². The molecule has 1 unspecified atom stereocenters. The number of hydrogen-bond donors (Lipinski definition) is 2. The first kappa shape index (κ1) is 14.6. The first-order valence-corrected chi connectivity index (χ1v) is 6.49. The van der Waals surface area contributed by atoms with E-state index >= 15 is 0 Å². The Labute approximate surface area is 122 Å². The lowest BCUT2D eigenvalue weighted by Crippen LogP contribution is -2.12. The number of nitrogens with one attached hydrogen (secondary N) is 1. The van der Waals surface area contributed by atoms with Crippen LogP contribution in [-0.2, 0) is 0 Å². The van der Waals surface area contributed by atoms with Crippen molar-refractivity contribution in [2.75, 3.05) is 19.0 Å². The van der Waals surface area contributed by atoms with Gasteiger partial charge in [0.1, 0.15) is 0 Å². The minimum atomic E-state index is -0.750. The molecule has 0 bridgehead atoms. The molecule has 0 aliphatic rings. The second-order valence-electron chi connectivity index (χ2n) is 4.27. The van der Waals surface area contributed by atoms with Crippen molar-refractivity contribution in [3.05, 3.63) is 58.9 Å². The Morgan fingerprint density at radius 3 is 2.75 bits per heavy atom. The predicted molar refractivity (Wildman–Crippen MR) is 77.9 cm³/mol. The normalized spacial score (nSPS) is 12.0. The number of benzene rings is 2. The quantitative estimate of drug-likeness (QED) is 0.885. The van der Waals surface area contributed by atoms with Crippen LogP contribution in [-0.4, -0.2) is 18.8 Å². The van der Waals surface area contributed by atoms with E-state index < -0.39 is 11.9 Å². The molecule has 0 aromatic heterocycles. The predicted octanol–water partition coefficient (Wildman–Crippen LogP) is 3.63. The number of halogens is 2. The molecule has 0 fully saturated rings. The Kier molecular flexibility index (Phi) is 4.82. The van der Waals surface area contributed by atoms with Gasteiger partial charge < -0.3 is 15.2 Å². The van der Waals surface area contributed by atoms with Gasteiger partial charge in [0.05, 0.1) is 13.2 Å². The number of aliphatic hydroxyl groups excluding tert-OH is 1. The van der Waals surface area contributed by atoms with E-state index in [9.17, 15) is 9.50 Å². The number of anilines is 1. The molecule has 2 aromatic rings. The number of methoxy groups -OCH3 is 1. The molecule has 0 saturated heterocycles. The van der Waals surface area contributed by atoms with Crippen LogP contribution in [0.1, 0.15) is 11.7 Å². The van der Waals surface area contributed by atoms with Crippen LogP contribution in [0, 0.1) is 5.82 Å². The fraction of sp³-hybridized carbons (Fsp3) is 0.200. The van der Waals surface area contributed by atoms with Gasteiger partial charge in [0.15, 0.2) is 11.6 Å². The van der Waals surface area contributed by atoms with Crippen molar-refractivity contribution in [2.24, 2.45) is 0 Å². The Balaban J connectivity index is 2.03.